The Balaban J connectivity index is 2.11. The summed E-state index contributed by atoms with van der Waals surface area (Å²) in [6.07, 6.45) is -3.66. The van der Waals surface area contributed by atoms with Crippen molar-refractivity contribution in [2.45, 2.75) is 31.9 Å². The summed E-state index contributed by atoms with van der Waals surface area (Å²) in [5, 5.41) is 9.42. The first kappa shape index (κ1) is 17.1. The molecule has 1 aromatic carbocycles. The van der Waals surface area contributed by atoms with Crippen LogP contribution in [0.5, 0.6) is 0 Å². The van der Waals surface area contributed by atoms with Crippen LogP contribution in [0.4, 0.5) is 13.2 Å². The number of nitriles is 1. The molecule has 1 aromatic rings. The van der Waals surface area contributed by atoms with Gasteiger partial charge in [0.05, 0.1) is 11.5 Å². The number of Topliss-reactive ketones (excluding diaryl/α,β-unsaturated/α-hetero) is 1. The van der Waals surface area contributed by atoms with Crippen molar-refractivity contribution in [2.24, 2.45) is 11.7 Å². The van der Waals surface area contributed by atoms with Crippen LogP contribution in [0.2, 0.25) is 0 Å². The minimum atomic E-state index is -4.46. The Morgan fingerprint density at radius 3 is 2.44 bits per heavy atom. The van der Waals surface area contributed by atoms with Gasteiger partial charge in [0.25, 0.3) is 0 Å². The van der Waals surface area contributed by atoms with E-state index < -0.39 is 17.7 Å². The van der Waals surface area contributed by atoms with Crippen LogP contribution in [0, 0.1) is 17.2 Å². The van der Waals surface area contributed by atoms with Crippen LogP contribution < -0.4 is 5.73 Å². The van der Waals surface area contributed by atoms with Gasteiger partial charge in [0.1, 0.15) is 17.4 Å². The molecular formula is C18H15F3N2O2. The van der Waals surface area contributed by atoms with Crippen molar-refractivity contribution in [1.29, 1.82) is 5.26 Å². The molecule has 0 spiro atoms. The number of carbonyl (C=O) groups excluding carboxylic acids is 1. The van der Waals surface area contributed by atoms with E-state index in [0.717, 1.165) is 12.1 Å². The van der Waals surface area contributed by atoms with Crippen molar-refractivity contribution < 1.29 is 22.7 Å². The fraction of sp³-hybridized carbons (Fsp3) is 0.333. The minimum absolute atomic E-state index is 0.0430. The number of nitrogens with two attached hydrogens (primary N) is 1. The molecule has 0 fully saturated rings. The predicted octanol–water partition coefficient (Wildman–Crippen LogP) is 3.77. The quantitative estimate of drug-likeness (QED) is 0.838. The highest BCUT2D eigenvalue weighted by Gasteiger charge is 2.40. The van der Waals surface area contributed by atoms with Crippen molar-refractivity contribution in [1.82, 2.24) is 0 Å². The third kappa shape index (κ3) is 3.00. The van der Waals surface area contributed by atoms with Crippen molar-refractivity contribution in [3.05, 3.63) is 58.2 Å². The number of rotatable bonds is 1. The molecule has 1 heterocycles. The average Bonchev–Trinajstić information content (AvgIpc) is 2.52. The largest absolute Gasteiger partial charge is 0.444 e. The van der Waals surface area contributed by atoms with Gasteiger partial charge < -0.3 is 10.5 Å². The zero-order valence-corrected chi connectivity index (χ0v) is 13.4. The fourth-order valence-corrected chi connectivity index (χ4v) is 3.29. The van der Waals surface area contributed by atoms with E-state index in [1.54, 1.807) is 0 Å². The van der Waals surface area contributed by atoms with E-state index in [9.17, 15) is 23.2 Å². The molecule has 2 N–H and O–H groups in total. The van der Waals surface area contributed by atoms with Crippen molar-refractivity contribution in [3.63, 3.8) is 0 Å². The monoisotopic (exact) mass is 348 g/mol. The first-order valence-electron chi connectivity index (χ1n) is 7.73. The van der Waals surface area contributed by atoms with E-state index in [0.29, 0.717) is 29.7 Å². The molecule has 3 rings (SSSR count). The van der Waals surface area contributed by atoms with Gasteiger partial charge in [-0.1, -0.05) is 19.1 Å². The molecule has 0 bridgehead atoms. The molecule has 7 heteroatoms. The minimum Gasteiger partial charge on any atom is -0.444 e. The van der Waals surface area contributed by atoms with E-state index in [4.69, 9.17) is 10.5 Å². The SMILES string of the molecule is C[C@H]1CC(=O)C2=C(C1)OC(N)=C(C#N)[C@@H]2c1ccc(C(F)(F)F)cc1. The fourth-order valence-electron chi connectivity index (χ4n) is 3.29. The summed E-state index contributed by atoms with van der Waals surface area (Å²) in [7, 11) is 0. The maximum absolute atomic E-state index is 12.8. The lowest BCUT2D eigenvalue weighted by Crippen LogP contribution is -2.29. The molecule has 2 atom stereocenters. The normalized spacial score (nSPS) is 23.9. The summed E-state index contributed by atoms with van der Waals surface area (Å²) in [4.78, 5) is 12.5. The molecule has 0 unspecified atom stereocenters. The highest BCUT2D eigenvalue weighted by Crippen LogP contribution is 2.44. The zero-order chi connectivity index (χ0) is 18.4. The zero-order valence-electron chi connectivity index (χ0n) is 13.4. The second-order valence-electron chi connectivity index (χ2n) is 6.32. The average molecular weight is 348 g/mol. The topological polar surface area (TPSA) is 76.1 Å². The molecule has 1 aliphatic carbocycles. The lowest BCUT2D eigenvalue weighted by Gasteiger charge is -2.33. The van der Waals surface area contributed by atoms with E-state index in [1.807, 2.05) is 13.0 Å². The second-order valence-corrected chi connectivity index (χ2v) is 6.32. The second kappa shape index (κ2) is 5.96. The van der Waals surface area contributed by atoms with Crippen molar-refractivity contribution in [2.75, 3.05) is 0 Å². The highest BCUT2D eigenvalue weighted by atomic mass is 19.4. The van der Waals surface area contributed by atoms with Crippen molar-refractivity contribution in [3.8, 4) is 6.07 Å². The lowest BCUT2D eigenvalue weighted by molar-refractivity contribution is -0.137. The van der Waals surface area contributed by atoms with Crippen LogP contribution in [-0.2, 0) is 15.7 Å². The van der Waals surface area contributed by atoms with Crippen molar-refractivity contribution >= 4 is 5.78 Å². The van der Waals surface area contributed by atoms with Crippen LogP contribution in [0.25, 0.3) is 0 Å². The van der Waals surface area contributed by atoms with Crippen LogP contribution >= 0.6 is 0 Å². The Hall–Kier alpha value is -2.75. The number of alkyl halides is 3. The van der Waals surface area contributed by atoms with Gasteiger partial charge in [-0.05, 0) is 23.6 Å². The molecule has 0 amide bonds. The van der Waals surface area contributed by atoms with Gasteiger partial charge in [0, 0.05) is 18.4 Å². The number of benzene rings is 1. The Kier molecular flexibility index (Phi) is 4.07. The van der Waals surface area contributed by atoms with E-state index in [2.05, 4.69) is 0 Å². The van der Waals surface area contributed by atoms with Gasteiger partial charge in [-0.3, -0.25) is 4.79 Å². The molecule has 0 saturated heterocycles. The van der Waals surface area contributed by atoms with E-state index in [-0.39, 0.29) is 23.2 Å². The van der Waals surface area contributed by atoms with Gasteiger partial charge in [0.2, 0.25) is 5.88 Å². The molecule has 0 aromatic heterocycles. The smallest absolute Gasteiger partial charge is 0.416 e. The van der Waals surface area contributed by atoms with Crippen LogP contribution in [-0.4, -0.2) is 5.78 Å². The third-order valence-electron chi connectivity index (χ3n) is 4.44. The summed E-state index contributed by atoms with van der Waals surface area (Å²) in [6, 6.07) is 6.36. The number of halogens is 3. The number of hydrogen-bond donors (Lipinski definition) is 1. The first-order valence-corrected chi connectivity index (χ1v) is 7.73. The van der Waals surface area contributed by atoms with E-state index >= 15 is 0 Å². The molecule has 0 saturated carbocycles. The predicted molar refractivity (Wildman–Crippen MR) is 82.5 cm³/mol. The number of ether oxygens (including phenoxy) is 1. The highest BCUT2D eigenvalue weighted by molar-refractivity contribution is 5.99. The van der Waals surface area contributed by atoms with Gasteiger partial charge in [0.15, 0.2) is 5.78 Å². The number of carbonyl (C=O) groups is 1. The summed E-state index contributed by atoms with van der Waals surface area (Å²) in [6.45, 7) is 1.90. The molecular weight excluding hydrogens is 333 g/mol. The van der Waals surface area contributed by atoms with Crippen LogP contribution in [0.15, 0.2) is 47.1 Å². The molecule has 2 aliphatic rings. The number of ketones is 1. The number of hydrogen-bond acceptors (Lipinski definition) is 4. The Bertz CT molecular complexity index is 829. The van der Waals surface area contributed by atoms with Gasteiger partial charge in [-0.15, -0.1) is 0 Å². The van der Waals surface area contributed by atoms with Gasteiger partial charge in [-0.25, -0.2) is 0 Å². The summed E-state index contributed by atoms with van der Waals surface area (Å²) in [5.41, 5.74) is 5.80. The summed E-state index contributed by atoms with van der Waals surface area (Å²) in [5.74, 6) is -0.580. The number of allylic oxidation sites excluding steroid dienone is 3. The Morgan fingerprint density at radius 1 is 1.24 bits per heavy atom. The molecule has 0 radical (unpaired) electrons. The molecule has 25 heavy (non-hydrogen) atoms. The molecule has 4 nitrogen and oxygen atoms in total. The molecule has 130 valence electrons. The van der Waals surface area contributed by atoms with Gasteiger partial charge >= 0.3 is 6.18 Å². The summed E-state index contributed by atoms with van der Waals surface area (Å²) >= 11 is 0. The van der Waals surface area contributed by atoms with Gasteiger partial charge in [-0.2, -0.15) is 18.4 Å². The molecule has 1 aliphatic heterocycles. The van der Waals surface area contributed by atoms with E-state index in [1.165, 1.54) is 12.1 Å². The van der Waals surface area contributed by atoms with Crippen LogP contribution in [0.3, 0.4) is 0 Å². The summed E-state index contributed by atoms with van der Waals surface area (Å²) < 4.78 is 43.8. The standard InChI is InChI=1S/C18H15F3N2O2/c1-9-6-13(24)16-14(7-9)25-17(23)12(8-22)15(16)10-2-4-11(5-3-10)18(19,20)21/h2-5,9,15H,6-7,23H2,1H3/t9-,15-/m0/s1. The lowest BCUT2D eigenvalue weighted by atomic mass is 9.75. The maximum Gasteiger partial charge on any atom is 0.416 e. The Morgan fingerprint density at radius 2 is 1.88 bits per heavy atom. The third-order valence-corrected chi connectivity index (χ3v) is 4.44. The first-order chi connectivity index (χ1) is 11.7. The Labute approximate surface area is 142 Å². The number of nitrogens with zero attached hydrogens (tertiary/aromatic N) is 1. The van der Waals surface area contributed by atoms with Crippen LogP contribution in [0.1, 0.15) is 36.8 Å². The maximum atomic E-state index is 12.8.